The first-order chi connectivity index (χ1) is 13.8. The van der Waals surface area contributed by atoms with E-state index >= 15 is 0 Å². The van der Waals surface area contributed by atoms with Crippen molar-refractivity contribution < 1.29 is 13.2 Å². The molecular weight excluding hydrogens is 453 g/mol. The smallest absolute Gasteiger partial charge is 0.268 e. The number of carbonyl (C=O) groups is 1. The molecule has 0 saturated carbocycles. The van der Waals surface area contributed by atoms with Gasteiger partial charge in [0.25, 0.3) is 10.0 Å². The number of nitrogens with zero attached hydrogens (tertiary/aromatic N) is 1. The minimum Gasteiger partial charge on any atom is -0.287 e. The second kappa shape index (κ2) is 7.50. The molecule has 4 rings (SSSR count). The maximum Gasteiger partial charge on any atom is 0.268 e. The molecule has 0 aliphatic rings. The van der Waals surface area contributed by atoms with E-state index in [1.807, 2.05) is 0 Å². The van der Waals surface area contributed by atoms with Crippen molar-refractivity contribution in [2.45, 2.75) is 4.90 Å². The highest BCUT2D eigenvalue weighted by Gasteiger charge is 2.28. The van der Waals surface area contributed by atoms with E-state index in [4.69, 9.17) is 34.8 Å². The Morgan fingerprint density at radius 2 is 1.45 bits per heavy atom. The van der Waals surface area contributed by atoms with Crippen LogP contribution in [-0.4, -0.2) is 18.2 Å². The molecule has 0 radical (unpaired) electrons. The molecular formula is C21H12Cl3NO3S. The number of rotatable bonds is 4. The first kappa shape index (κ1) is 20.0. The standard InChI is InChI=1S/C21H12Cl3NO3S/c22-14-8-9-17(18(24)11-14)21(26)20-10-13-6-7-15(23)12-19(13)25(20)29(27,28)16-4-2-1-3-5-16/h1-12H. The summed E-state index contributed by atoms with van der Waals surface area (Å²) in [6.45, 7) is 0. The lowest BCUT2D eigenvalue weighted by Gasteiger charge is -2.12. The molecule has 8 heteroatoms. The molecule has 0 unspecified atom stereocenters. The lowest BCUT2D eigenvalue weighted by Crippen LogP contribution is -2.19. The number of ketones is 1. The van der Waals surface area contributed by atoms with Crippen LogP contribution in [0.1, 0.15) is 16.1 Å². The Balaban J connectivity index is 2.03. The summed E-state index contributed by atoms with van der Waals surface area (Å²) in [5, 5.41) is 1.41. The van der Waals surface area contributed by atoms with E-state index in [0.29, 0.717) is 20.9 Å². The van der Waals surface area contributed by atoms with Gasteiger partial charge in [-0.3, -0.25) is 4.79 Å². The lowest BCUT2D eigenvalue weighted by molar-refractivity contribution is 0.103. The summed E-state index contributed by atoms with van der Waals surface area (Å²) in [5.41, 5.74) is 0.402. The molecule has 0 spiro atoms. The first-order valence-electron chi connectivity index (χ1n) is 8.40. The summed E-state index contributed by atoms with van der Waals surface area (Å²) in [6.07, 6.45) is 0. The van der Waals surface area contributed by atoms with Gasteiger partial charge in [0.1, 0.15) is 5.69 Å². The third-order valence-electron chi connectivity index (χ3n) is 4.41. The van der Waals surface area contributed by atoms with Gasteiger partial charge in [-0.25, -0.2) is 12.4 Å². The van der Waals surface area contributed by atoms with Gasteiger partial charge < -0.3 is 0 Å². The Morgan fingerprint density at radius 3 is 2.14 bits per heavy atom. The van der Waals surface area contributed by atoms with Crippen molar-refractivity contribution in [1.82, 2.24) is 3.97 Å². The van der Waals surface area contributed by atoms with E-state index in [9.17, 15) is 13.2 Å². The number of hydrogen-bond donors (Lipinski definition) is 0. The molecule has 0 atom stereocenters. The molecule has 1 aromatic heterocycles. The van der Waals surface area contributed by atoms with Crippen LogP contribution in [0.5, 0.6) is 0 Å². The fraction of sp³-hybridized carbons (Fsp3) is 0. The third kappa shape index (κ3) is 3.55. The third-order valence-corrected chi connectivity index (χ3v) is 6.94. The molecule has 29 heavy (non-hydrogen) atoms. The van der Waals surface area contributed by atoms with E-state index in [2.05, 4.69) is 0 Å². The summed E-state index contributed by atoms with van der Waals surface area (Å²) >= 11 is 18.2. The van der Waals surface area contributed by atoms with Crippen molar-refractivity contribution in [2.75, 3.05) is 0 Å². The van der Waals surface area contributed by atoms with E-state index in [1.165, 1.54) is 42.5 Å². The average Bonchev–Trinajstić information content (AvgIpc) is 3.07. The van der Waals surface area contributed by atoms with Crippen molar-refractivity contribution in [3.05, 3.63) is 99.1 Å². The van der Waals surface area contributed by atoms with Gasteiger partial charge in [-0.05, 0) is 48.5 Å². The summed E-state index contributed by atoms with van der Waals surface area (Å²) in [5.74, 6) is -0.543. The Labute approximate surface area is 182 Å². The minimum absolute atomic E-state index is 0.0460. The van der Waals surface area contributed by atoms with Crippen LogP contribution in [-0.2, 0) is 10.0 Å². The number of fused-ring (bicyclic) bond motifs is 1. The predicted octanol–water partition coefficient (Wildman–Crippen LogP) is 6.07. The zero-order chi connectivity index (χ0) is 20.8. The number of halogens is 3. The van der Waals surface area contributed by atoms with Gasteiger partial charge in [0.15, 0.2) is 0 Å². The quantitative estimate of drug-likeness (QED) is 0.344. The molecule has 3 aromatic carbocycles. The van der Waals surface area contributed by atoms with Crippen LogP contribution in [0.4, 0.5) is 0 Å². The number of hydrogen-bond acceptors (Lipinski definition) is 3. The summed E-state index contributed by atoms with van der Waals surface area (Å²) < 4.78 is 27.9. The van der Waals surface area contributed by atoms with E-state index in [-0.39, 0.29) is 21.2 Å². The van der Waals surface area contributed by atoms with Crippen molar-refractivity contribution in [1.29, 1.82) is 0 Å². The second-order valence-electron chi connectivity index (χ2n) is 6.27. The van der Waals surface area contributed by atoms with Crippen LogP contribution in [0.25, 0.3) is 10.9 Å². The molecule has 4 nitrogen and oxygen atoms in total. The lowest BCUT2D eigenvalue weighted by atomic mass is 10.1. The maximum absolute atomic E-state index is 13.4. The molecule has 0 amide bonds. The van der Waals surface area contributed by atoms with E-state index in [1.54, 1.807) is 30.3 Å². The molecule has 0 aliphatic heterocycles. The maximum atomic E-state index is 13.4. The number of carbonyl (C=O) groups excluding carboxylic acids is 1. The average molecular weight is 465 g/mol. The Kier molecular flexibility index (Phi) is 5.17. The van der Waals surface area contributed by atoms with Crippen LogP contribution >= 0.6 is 34.8 Å². The van der Waals surface area contributed by atoms with Gasteiger partial charge in [-0.15, -0.1) is 0 Å². The highest BCUT2D eigenvalue weighted by Crippen LogP contribution is 2.31. The number of benzene rings is 3. The van der Waals surface area contributed by atoms with Gasteiger partial charge in [-0.2, -0.15) is 0 Å². The fourth-order valence-corrected chi connectivity index (χ4v) is 5.26. The largest absolute Gasteiger partial charge is 0.287 e. The minimum atomic E-state index is -4.08. The fourth-order valence-electron chi connectivity index (χ4n) is 3.08. The van der Waals surface area contributed by atoms with Crippen molar-refractivity contribution in [2.24, 2.45) is 0 Å². The molecule has 0 fully saturated rings. The Bertz CT molecular complexity index is 1360. The SMILES string of the molecule is O=C(c1ccc(Cl)cc1Cl)c1cc2ccc(Cl)cc2n1S(=O)(=O)c1ccccc1. The van der Waals surface area contributed by atoms with Gasteiger partial charge in [0.2, 0.25) is 5.78 Å². The van der Waals surface area contributed by atoms with Gasteiger partial charge in [0.05, 0.1) is 15.4 Å². The predicted molar refractivity (Wildman–Crippen MR) is 116 cm³/mol. The molecule has 0 saturated heterocycles. The zero-order valence-electron chi connectivity index (χ0n) is 14.6. The highest BCUT2D eigenvalue weighted by molar-refractivity contribution is 7.90. The summed E-state index contributed by atoms with van der Waals surface area (Å²) in [7, 11) is -4.08. The second-order valence-corrected chi connectivity index (χ2v) is 9.34. The topological polar surface area (TPSA) is 56.1 Å². The first-order valence-corrected chi connectivity index (χ1v) is 11.0. The van der Waals surface area contributed by atoms with Crippen LogP contribution in [0, 0.1) is 0 Å². The van der Waals surface area contributed by atoms with E-state index in [0.717, 1.165) is 3.97 Å². The molecule has 146 valence electrons. The molecule has 0 N–H and O–H groups in total. The van der Waals surface area contributed by atoms with Crippen LogP contribution in [0.15, 0.2) is 77.7 Å². The van der Waals surface area contributed by atoms with Gasteiger partial charge in [-0.1, -0.05) is 59.1 Å². The van der Waals surface area contributed by atoms with Gasteiger partial charge in [0, 0.05) is 21.0 Å². The van der Waals surface area contributed by atoms with Gasteiger partial charge >= 0.3 is 0 Å². The Hall–Kier alpha value is -2.31. The normalized spacial score (nSPS) is 11.7. The summed E-state index contributed by atoms with van der Waals surface area (Å²) in [4.78, 5) is 13.3. The Morgan fingerprint density at radius 1 is 0.793 bits per heavy atom. The summed E-state index contributed by atoms with van der Waals surface area (Å²) in [6, 6.07) is 18.6. The molecule has 4 aromatic rings. The molecule has 0 aliphatic carbocycles. The van der Waals surface area contributed by atoms with Crippen molar-refractivity contribution in [3.63, 3.8) is 0 Å². The van der Waals surface area contributed by atoms with Crippen LogP contribution in [0.3, 0.4) is 0 Å². The highest BCUT2D eigenvalue weighted by atomic mass is 35.5. The number of aromatic nitrogens is 1. The molecule has 1 heterocycles. The monoisotopic (exact) mass is 463 g/mol. The van der Waals surface area contributed by atoms with Crippen molar-refractivity contribution in [3.8, 4) is 0 Å². The zero-order valence-corrected chi connectivity index (χ0v) is 17.7. The van der Waals surface area contributed by atoms with Crippen LogP contribution in [0.2, 0.25) is 15.1 Å². The molecule has 0 bridgehead atoms. The van der Waals surface area contributed by atoms with Crippen LogP contribution < -0.4 is 0 Å². The van der Waals surface area contributed by atoms with Crippen molar-refractivity contribution >= 4 is 61.5 Å². The van der Waals surface area contributed by atoms with E-state index < -0.39 is 15.8 Å².